The van der Waals surface area contributed by atoms with Gasteiger partial charge in [-0.25, -0.2) is 9.97 Å². The number of carbonyl (C=O) groups is 1. The molecule has 0 bridgehead atoms. The highest BCUT2D eigenvalue weighted by atomic mass is 16.1. The predicted octanol–water partition coefficient (Wildman–Crippen LogP) is 3.38. The van der Waals surface area contributed by atoms with Gasteiger partial charge in [-0.1, -0.05) is 42.5 Å². The maximum Gasteiger partial charge on any atom is 0.220 e. The second-order valence-corrected chi connectivity index (χ2v) is 5.62. The van der Waals surface area contributed by atoms with E-state index in [-0.39, 0.29) is 5.91 Å². The molecule has 5 nitrogen and oxygen atoms in total. The summed E-state index contributed by atoms with van der Waals surface area (Å²) in [4.78, 5) is 20.3. The van der Waals surface area contributed by atoms with Crippen LogP contribution in [0.4, 0.5) is 0 Å². The SMILES string of the molecule is O=C(CC/C=C/c1ccccc1)NCc1ccnc(-n2ccnc2)c1. The monoisotopic (exact) mass is 332 g/mol. The van der Waals surface area contributed by atoms with Crippen molar-refractivity contribution in [3.63, 3.8) is 0 Å². The van der Waals surface area contributed by atoms with Crippen molar-refractivity contribution in [3.05, 3.63) is 84.6 Å². The number of rotatable bonds is 7. The van der Waals surface area contributed by atoms with Crippen LogP contribution in [0.3, 0.4) is 0 Å². The number of hydrogen-bond acceptors (Lipinski definition) is 3. The zero-order chi connectivity index (χ0) is 17.3. The zero-order valence-electron chi connectivity index (χ0n) is 13.9. The minimum atomic E-state index is 0.0405. The normalized spacial score (nSPS) is 10.9. The first-order chi connectivity index (χ1) is 12.3. The van der Waals surface area contributed by atoms with Crippen molar-refractivity contribution in [2.24, 2.45) is 0 Å². The van der Waals surface area contributed by atoms with E-state index in [1.54, 1.807) is 18.7 Å². The molecule has 0 atom stereocenters. The first kappa shape index (κ1) is 16.6. The van der Waals surface area contributed by atoms with Crippen LogP contribution in [0.2, 0.25) is 0 Å². The first-order valence-electron chi connectivity index (χ1n) is 8.23. The average molecular weight is 332 g/mol. The van der Waals surface area contributed by atoms with Crippen molar-refractivity contribution in [1.29, 1.82) is 0 Å². The smallest absolute Gasteiger partial charge is 0.220 e. The second kappa shape index (κ2) is 8.59. The fourth-order valence-corrected chi connectivity index (χ4v) is 2.39. The summed E-state index contributed by atoms with van der Waals surface area (Å²) in [5, 5.41) is 2.94. The van der Waals surface area contributed by atoms with Crippen LogP contribution < -0.4 is 5.32 Å². The summed E-state index contributed by atoms with van der Waals surface area (Å²) in [6.45, 7) is 0.492. The third kappa shape index (κ3) is 5.14. The number of allylic oxidation sites excluding steroid dienone is 1. The molecule has 2 heterocycles. The van der Waals surface area contributed by atoms with Crippen molar-refractivity contribution in [3.8, 4) is 5.82 Å². The summed E-state index contributed by atoms with van der Waals surface area (Å²) in [5.74, 6) is 0.828. The Bertz CT molecular complexity index is 826. The number of nitrogens with zero attached hydrogens (tertiary/aromatic N) is 3. The van der Waals surface area contributed by atoms with E-state index in [9.17, 15) is 4.79 Å². The lowest BCUT2D eigenvalue weighted by Crippen LogP contribution is -2.22. The molecule has 3 rings (SSSR count). The summed E-state index contributed by atoms with van der Waals surface area (Å²) >= 11 is 0. The Hall–Kier alpha value is -3.21. The van der Waals surface area contributed by atoms with Crippen LogP contribution in [-0.2, 0) is 11.3 Å². The van der Waals surface area contributed by atoms with Crippen LogP contribution in [0.15, 0.2) is 73.5 Å². The predicted molar refractivity (Wildman–Crippen MR) is 97.9 cm³/mol. The number of amides is 1. The van der Waals surface area contributed by atoms with Gasteiger partial charge in [-0.2, -0.15) is 0 Å². The van der Waals surface area contributed by atoms with E-state index >= 15 is 0 Å². The molecule has 1 amide bonds. The molecule has 0 radical (unpaired) electrons. The lowest BCUT2D eigenvalue weighted by atomic mass is 10.2. The number of benzene rings is 1. The van der Waals surface area contributed by atoms with Crippen LogP contribution in [0.25, 0.3) is 11.9 Å². The molecule has 126 valence electrons. The lowest BCUT2D eigenvalue weighted by molar-refractivity contribution is -0.121. The van der Waals surface area contributed by atoms with E-state index in [1.165, 1.54) is 0 Å². The minimum absolute atomic E-state index is 0.0405. The molecule has 5 heteroatoms. The van der Waals surface area contributed by atoms with Gasteiger partial charge in [0.2, 0.25) is 5.91 Å². The molecular weight excluding hydrogens is 312 g/mol. The van der Waals surface area contributed by atoms with Crippen molar-refractivity contribution in [2.45, 2.75) is 19.4 Å². The zero-order valence-corrected chi connectivity index (χ0v) is 13.9. The fourth-order valence-electron chi connectivity index (χ4n) is 2.39. The Morgan fingerprint density at radius 1 is 1.16 bits per heavy atom. The van der Waals surface area contributed by atoms with Gasteiger partial charge >= 0.3 is 0 Å². The van der Waals surface area contributed by atoms with E-state index in [1.807, 2.05) is 65.4 Å². The second-order valence-electron chi connectivity index (χ2n) is 5.62. The number of nitrogens with one attached hydrogen (secondary N) is 1. The van der Waals surface area contributed by atoms with Crippen molar-refractivity contribution in [2.75, 3.05) is 0 Å². The van der Waals surface area contributed by atoms with Crippen molar-refractivity contribution >= 4 is 12.0 Å². The standard InChI is InChI=1S/C20H20N4O/c25-20(9-5-4-8-17-6-2-1-3-7-17)23-15-18-10-11-22-19(14-18)24-13-12-21-16-24/h1-4,6-8,10-14,16H,5,9,15H2,(H,23,25)/b8-4+. The van der Waals surface area contributed by atoms with Gasteiger partial charge in [0.25, 0.3) is 0 Å². The largest absolute Gasteiger partial charge is 0.352 e. The summed E-state index contributed by atoms with van der Waals surface area (Å²) in [5.41, 5.74) is 2.15. The molecule has 1 aromatic carbocycles. The minimum Gasteiger partial charge on any atom is -0.352 e. The molecule has 0 unspecified atom stereocenters. The molecule has 3 aromatic rings. The van der Waals surface area contributed by atoms with Gasteiger partial charge in [-0.05, 0) is 29.7 Å². The number of hydrogen-bond donors (Lipinski definition) is 1. The maximum absolute atomic E-state index is 12.0. The Kier molecular flexibility index (Phi) is 5.72. The molecule has 2 aromatic heterocycles. The van der Waals surface area contributed by atoms with Gasteiger partial charge in [0.1, 0.15) is 12.1 Å². The van der Waals surface area contributed by atoms with E-state index in [2.05, 4.69) is 15.3 Å². The van der Waals surface area contributed by atoms with Crippen molar-refractivity contribution in [1.82, 2.24) is 19.9 Å². The van der Waals surface area contributed by atoms with Crippen LogP contribution in [-0.4, -0.2) is 20.4 Å². The topological polar surface area (TPSA) is 59.8 Å². The Labute approximate surface area is 147 Å². The van der Waals surface area contributed by atoms with Gasteiger partial charge in [0, 0.05) is 31.6 Å². The van der Waals surface area contributed by atoms with Gasteiger partial charge in [-0.3, -0.25) is 9.36 Å². The third-order valence-corrected chi connectivity index (χ3v) is 3.72. The number of imidazole rings is 1. The van der Waals surface area contributed by atoms with Crippen LogP contribution in [0.1, 0.15) is 24.0 Å². The first-order valence-corrected chi connectivity index (χ1v) is 8.23. The molecule has 0 fully saturated rings. The fraction of sp³-hybridized carbons (Fsp3) is 0.150. The molecule has 25 heavy (non-hydrogen) atoms. The summed E-state index contributed by atoms with van der Waals surface area (Å²) in [7, 11) is 0. The van der Waals surface area contributed by atoms with E-state index < -0.39 is 0 Å². The van der Waals surface area contributed by atoms with Crippen molar-refractivity contribution < 1.29 is 4.79 Å². The molecule has 0 saturated heterocycles. The van der Waals surface area contributed by atoms with Gasteiger partial charge in [0.15, 0.2) is 0 Å². The molecular formula is C20H20N4O. The van der Waals surface area contributed by atoms with E-state index in [0.717, 1.165) is 23.4 Å². The summed E-state index contributed by atoms with van der Waals surface area (Å²) < 4.78 is 1.83. The molecule has 0 saturated carbocycles. The molecule has 0 aliphatic rings. The van der Waals surface area contributed by atoms with Gasteiger partial charge < -0.3 is 5.32 Å². The van der Waals surface area contributed by atoms with Gasteiger partial charge in [0.05, 0.1) is 0 Å². The van der Waals surface area contributed by atoms with E-state index in [0.29, 0.717) is 13.0 Å². The molecule has 0 aliphatic heterocycles. The Morgan fingerprint density at radius 2 is 2.04 bits per heavy atom. The number of aromatic nitrogens is 3. The molecule has 1 N–H and O–H groups in total. The summed E-state index contributed by atoms with van der Waals surface area (Å²) in [6, 6.07) is 13.9. The quantitative estimate of drug-likeness (QED) is 0.721. The highest BCUT2D eigenvalue weighted by Crippen LogP contribution is 2.07. The van der Waals surface area contributed by atoms with Gasteiger partial charge in [-0.15, -0.1) is 0 Å². The van der Waals surface area contributed by atoms with Crippen LogP contribution in [0, 0.1) is 0 Å². The number of pyridine rings is 1. The average Bonchev–Trinajstić information content (AvgIpc) is 3.19. The van der Waals surface area contributed by atoms with Crippen LogP contribution in [0.5, 0.6) is 0 Å². The maximum atomic E-state index is 12.0. The molecule has 0 spiro atoms. The Balaban J connectivity index is 1.45. The third-order valence-electron chi connectivity index (χ3n) is 3.72. The summed E-state index contributed by atoms with van der Waals surface area (Å²) in [6.07, 6.45) is 12.2. The lowest BCUT2D eigenvalue weighted by Gasteiger charge is -2.06. The Morgan fingerprint density at radius 3 is 2.84 bits per heavy atom. The highest BCUT2D eigenvalue weighted by Gasteiger charge is 2.02. The van der Waals surface area contributed by atoms with Crippen LogP contribution >= 0.6 is 0 Å². The number of carbonyl (C=O) groups excluding carboxylic acids is 1. The molecule has 0 aliphatic carbocycles. The van der Waals surface area contributed by atoms with E-state index in [4.69, 9.17) is 0 Å². The highest BCUT2D eigenvalue weighted by molar-refractivity contribution is 5.76.